The van der Waals surface area contributed by atoms with Gasteiger partial charge in [0.25, 0.3) is 0 Å². The Hall–Kier alpha value is -2.63. The molecule has 2 heterocycles. The lowest BCUT2D eigenvalue weighted by Gasteiger charge is -2.35. The zero-order chi connectivity index (χ0) is 16.9. The highest BCUT2D eigenvalue weighted by atomic mass is 16.2. The largest absolute Gasteiger partial charge is 0.352 e. The Morgan fingerprint density at radius 3 is 2.38 bits per heavy atom. The van der Waals surface area contributed by atoms with Gasteiger partial charge in [-0.3, -0.25) is 4.98 Å². The number of carbonyl (C=O) groups excluding carboxylic acids is 1. The molecule has 1 fully saturated rings. The molecule has 1 aliphatic heterocycles. The minimum absolute atomic E-state index is 0.0499. The first-order valence-corrected chi connectivity index (χ1v) is 8.30. The van der Waals surface area contributed by atoms with Crippen LogP contribution < -0.4 is 10.2 Å². The van der Waals surface area contributed by atoms with Crippen LogP contribution >= 0.6 is 0 Å². The normalized spacial score (nSPS) is 14.8. The third-order valence-corrected chi connectivity index (χ3v) is 4.27. The fourth-order valence-electron chi connectivity index (χ4n) is 2.75. The van der Waals surface area contributed by atoms with Crippen molar-refractivity contribution in [3.05, 3.63) is 48.4 Å². The molecule has 1 aliphatic rings. The fourth-order valence-corrected chi connectivity index (χ4v) is 2.75. The molecule has 0 bridgehead atoms. The van der Waals surface area contributed by atoms with Gasteiger partial charge in [-0.2, -0.15) is 0 Å². The van der Waals surface area contributed by atoms with E-state index in [-0.39, 0.29) is 6.03 Å². The van der Waals surface area contributed by atoms with Gasteiger partial charge in [0, 0.05) is 44.3 Å². The number of hydrogen-bond acceptors (Lipinski definition) is 4. The highest BCUT2D eigenvalue weighted by molar-refractivity contribution is 5.89. The van der Waals surface area contributed by atoms with Crippen LogP contribution in [0.1, 0.15) is 25.3 Å². The van der Waals surface area contributed by atoms with Gasteiger partial charge in [0.1, 0.15) is 5.82 Å². The molecule has 1 aromatic heterocycles. The van der Waals surface area contributed by atoms with Gasteiger partial charge in [-0.15, -0.1) is 0 Å². The standard InChI is InChI=1S/C18H23N5O/c1-14(2)15-3-5-16(6-4-15)21-18(24)23-11-9-22(10-12-23)17-13-19-7-8-20-17/h3-8,13-14H,9-12H2,1-2H3,(H,21,24). The number of benzene rings is 1. The third kappa shape index (κ3) is 3.82. The molecule has 0 saturated carbocycles. The lowest BCUT2D eigenvalue weighted by molar-refractivity contribution is 0.208. The molecule has 24 heavy (non-hydrogen) atoms. The molecule has 0 radical (unpaired) electrons. The molecule has 6 heteroatoms. The Morgan fingerprint density at radius 2 is 1.79 bits per heavy atom. The van der Waals surface area contributed by atoms with E-state index in [1.165, 1.54) is 5.56 Å². The first kappa shape index (κ1) is 16.2. The molecule has 2 amide bonds. The Bertz CT molecular complexity index is 664. The van der Waals surface area contributed by atoms with Crippen molar-refractivity contribution >= 4 is 17.5 Å². The maximum Gasteiger partial charge on any atom is 0.321 e. The molecule has 1 saturated heterocycles. The molecule has 0 atom stereocenters. The second-order valence-corrected chi connectivity index (χ2v) is 6.24. The van der Waals surface area contributed by atoms with Crippen LogP contribution in [0.3, 0.4) is 0 Å². The zero-order valence-electron chi connectivity index (χ0n) is 14.1. The summed E-state index contributed by atoms with van der Waals surface area (Å²) in [6.45, 7) is 7.18. The van der Waals surface area contributed by atoms with Crippen molar-refractivity contribution in [3.63, 3.8) is 0 Å². The number of hydrogen-bond donors (Lipinski definition) is 1. The van der Waals surface area contributed by atoms with Crippen LogP contribution in [0.4, 0.5) is 16.3 Å². The van der Waals surface area contributed by atoms with E-state index in [1.54, 1.807) is 18.6 Å². The van der Waals surface area contributed by atoms with Crippen LogP contribution in [0.2, 0.25) is 0 Å². The minimum atomic E-state index is -0.0499. The molecule has 0 aliphatic carbocycles. The van der Waals surface area contributed by atoms with Crippen LogP contribution in [0, 0.1) is 0 Å². The summed E-state index contributed by atoms with van der Waals surface area (Å²) < 4.78 is 0. The number of carbonyl (C=O) groups is 1. The summed E-state index contributed by atoms with van der Waals surface area (Å²) in [6, 6.07) is 8.00. The minimum Gasteiger partial charge on any atom is -0.352 e. The quantitative estimate of drug-likeness (QED) is 0.942. The summed E-state index contributed by atoms with van der Waals surface area (Å²) >= 11 is 0. The molecular weight excluding hydrogens is 302 g/mol. The molecule has 2 aromatic rings. The highest BCUT2D eigenvalue weighted by Gasteiger charge is 2.21. The second-order valence-electron chi connectivity index (χ2n) is 6.24. The summed E-state index contributed by atoms with van der Waals surface area (Å²) in [5, 5.41) is 2.97. The second kappa shape index (κ2) is 7.29. The van der Waals surface area contributed by atoms with E-state index in [9.17, 15) is 4.79 Å². The Labute approximate surface area is 142 Å². The SMILES string of the molecule is CC(C)c1ccc(NC(=O)N2CCN(c3cnccn3)CC2)cc1. The fraction of sp³-hybridized carbons (Fsp3) is 0.389. The monoisotopic (exact) mass is 325 g/mol. The van der Waals surface area contributed by atoms with Gasteiger partial charge in [0.15, 0.2) is 0 Å². The van der Waals surface area contributed by atoms with Gasteiger partial charge in [-0.1, -0.05) is 26.0 Å². The predicted octanol–water partition coefficient (Wildman–Crippen LogP) is 2.95. The van der Waals surface area contributed by atoms with Gasteiger partial charge in [0.2, 0.25) is 0 Å². The maximum absolute atomic E-state index is 12.4. The van der Waals surface area contributed by atoms with Gasteiger partial charge < -0.3 is 15.1 Å². The van der Waals surface area contributed by atoms with Crippen LogP contribution in [-0.4, -0.2) is 47.1 Å². The summed E-state index contributed by atoms with van der Waals surface area (Å²) in [6.07, 6.45) is 5.11. The topological polar surface area (TPSA) is 61.4 Å². The average Bonchev–Trinajstić information content (AvgIpc) is 2.63. The smallest absolute Gasteiger partial charge is 0.321 e. The number of anilines is 2. The van der Waals surface area contributed by atoms with Crippen molar-refractivity contribution in [1.82, 2.24) is 14.9 Å². The van der Waals surface area contributed by atoms with Gasteiger partial charge >= 0.3 is 6.03 Å². The molecule has 1 aromatic carbocycles. The van der Waals surface area contributed by atoms with Crippen LogP contribution in [0.25, 0.3) is 0 Å². The van der Waals surface area contributed by atoms with Crippen LogP contribution in [0.15, 0.2) is 42.9 Å². The number of nitrogens with one attached hydrogen (secondary N) is 1. The zero-order valence-corrected chi connectivity index (χ0v) is 14.1. The number of nitrogens with zero attached hydrogens (tertiary/aromatic N) is 4. The van der Waals surface area contributed by atoms with Crippen molar-refractivity contribution < 1.29 is 4.79 Å². The van der Waals surface area contributed by atoms with E-state index in [0.29, 0.717) is 19.0 Å². The number of urea groups is 1. The number of piperazine rings is 1. The summed E-state index contributed by atoms with van der Waals surface area (Å²) in [5.41, 5.74) is 2.10. The van der Waals surface area contributed by atoms with Gasteiger partial charge in [-0.25, -0.2) is 9.78 Å². The van der Waals surface area contributed by atoms with Gasteiger partial charge in [-0.05, 0) is 23.6 Å². The highest BCUT2D eigenvalue weighted by Crippen LogP contribution is 2.18. The van der Waals surface area contributed by atoms with E-state index >= 15 is 0 Å². The average molecular weight is 325 g/mol. The van der Waals surface area contributed by atoms with Crippen molar-refractivity contribution in [2.24, 2.45) is 0 Å². The molecule has 1 N–H and O–H groups in total. The van der Waals surface area contributed by atoms with E-state index in [4.69, 9.17) is 0 Å². The van der Waals surface area contributed by atoms with Crippen LogP contribution in [-0.2, 0) is 0 Å². The van der Waals surface area contributed by atoms with Gasteiger partial charge in [0.05, 0.1) is 6.20 Å². The lowest BCUT2D eigenvalue weighted by atomic mass is 10.0. The summed E-state index contributed by atoms with van der Waals surface area (Å²) in [4.78, 5) is 24.8. The number of amides is 2. The summed E-state index contributed by atoms with van der Waals surface area (Å²) in [5.74, 6) is 1.35. The molecule has 126 valence electrons. The van der Waals surface area contributed by atoms with E-state index in [0.717, 1.165) is 24.6 Å². The van der Waals surface area contributed by atoms with E-state index in [2.05, 4.69) is 46.2 Å². The molecule has 0 spiro atoms. The first-order chi connectivity index (χ1) is 11.6. The van der Waals surface area contributed by atoms with Crippen molar-refractivity contribution in [2.45, 2.75) is 19.8 Å². The molecule has 6 nitrogen and oxygen atoms in total. The van der Waals surface area contributed by atoms with E-state index in [1.807, 2.05) is 17.0 Å². The van der Waals surface area contributed by atoms with Crippen molar-refractivity contribution in [2.75, 3.05) is 36.4 Å². The maximum atomic E-state index is 12.4. The van der Waals surface area contributed by atoms with Crippen LogP contribution in [0.5, 0.6) is 0 Å². The predicted molar refractivity (Wildman–Crippen MR) is 95.4 cm³/mol. The third-order valence-electron chi connectivity index (χ3n) is 4.27. The Morgan fingerprint density at radius 1 is 1.08 bits per heavy atom. The Kier molecular flexibility index (Phi) is 4.93. The molecular formula is C18H23N5O. The lowest BCUT2D eigenvalue weighted by Crippen LogP contribution is -2.50. The molecule has 0 unspecified atom stereocenters. The number of rotatable bonds is 3. The molecule has 3 rings (SSSR count). The van der Waals surface area contributed by atoms with E-state index < -0.39 is 0 Å². The first-order valence-electron chi connectivity index (χ1n) is 8.30. The Balaban J connectivity index is 1.53. The number of aromatic nitrogens is 2. The summed E-state index contributed by atoms with van der Waals surface area (Å²) in [7, 11) is 0. The van der Waals surface area contributed by atoms with Crippen molar-refractivity contribution in [3.8, 4) is 0 Å². The van der Waals surface area contributed by atoms with Crippen molar-refractivity contribution in [1.29, 1.82) is 0 Å².